The maximum atomic E-state index is 13.0. The molecule has 98 valence electrons. The molecule has 0 aliphatic carbocycles. The molecule has 0 fully saturated rings. The minimum atomic E-state index is -0.254. The summed E-state index contributed by atoms with van der Waals surface area (Å²) in [7, 11) is 0. The second kappa shape index (κ2) is 5.31. The van der Waals surface area contributed by atoms with Crippen molar-refractivity contribution in [2.45, 2.75) is 13.0 Å². The van der Waals surface area contributed by atoms with E-state index >= 15 is 0 Å². The van der Waals surface area contributed by atoms with Crippen LogP contribution in [0.5, 0.6) is 0 Å². The molecule has 0 bridgehead atoms. The number of aryl methyl sites for hydroxylation is 1. The number of benzene rings is 1. The minimum Gasteiger partial charge on any atom is -0.361 e. The van der Waals surface area contributed by atoms with Gasteiger partial charge in [0, 0.05) is 25.4 Å². The van der Waals surface area contributed by atoms with E-state index in [1.165, 1.54) is 23.5 Å². The molecular formula is C12H12FN5S. The van der Waals surface area contributed by atoms with Gasteiger partial charge in [0.05, 0.1) is 16.4 Å². The fourth-order valence-corrected chi connectivity index (χ4v) is 2.64. The molecule has 7 heteroatoms. The third kappa shape index (κ3) is 2.87. The SMILES string of the molecule is Fc1ccc2sc(NCCCn3ccnn3)nc2c1. The topological polar surface area (TPSA) is 55.6 Å². The summed E-state index contributed by atoms with van der Waals surface area (Å²) in [6.07, 6.45) is 4.42. The summed E-state index contributed by atoms with van der Waals surface area (Å²) < 4.78 is 15.8. The molecule has 0 amide bonds. The molecule has 0 saturated heterocycles. The van der Waals surface area contributed by atoms with Crippen LogP contribution in [-0.2, 0) is 6.54 Å². The van der Waals surface area contributed by atoms with Gasteiger partial charge in [-0.15, -0.1) is 5.10 Å². The summed E-state index contributed by atoms with van der Waals surface area (Å²) in [5, 5.41) is 11.7. The molecule has 0 radical (unpaired) electrons. The van der Waals surface area contributed by atoms with E-state index in [-0.39, 0.29) is 5.82 Å². The molecule has 2 aromatic heterocycles. The van der Waals surface area contributed by atoms with Crippen LogP contribution in [-0.4, -0.2) is 26.5 Å². The average molecular weight is 277 g/mol. The number of fused-ring (bicyclic) bond motifs is 1. The fourth-order valence-electron chi connectivity index (χ4n) is 1.76. The van der Waals surface area contributed by atoms with Gasteiger partial charge in [-0.3, -0.25) is 4.68 Å². The smallest absolute Gasteiger partial charge is 0.183 e. The molecule has 0 unspecified atom stereocenters. The second-order valence-electron chi connectivity index (χ2n) is 4.08. The van der Waals surface area contributed by atoms with E-state index in [9.17, 15) is 4.39 Å². The van der Waals surface area contributed by atoms with E-state index in [1.807, 2.05) is 6.20 Å². The molecule has 1 N–H and O–H groups in total. The third-order valence-corrected chi connectivity index (χ3v) is 3.66. The van der Waals surface area contributed by atoms with Gasteiger partial charge in [-0.2, -0.15) is 0 Å². The number of rotatable bonds is 5. The summed E-state index contributed by atoms with van der Waals surface area (Å²) in [4.78, 5) is 4.34. The molecule has 5 nitrogen and oxygen atoms in total. The Morgan fingerprint density at radius 1 is 1.37 bits per heavy atom. The number of hydrogen-bond donors (Lipinski definition) is 1. The number of anilines is 1. The van der Waals surface area contributed by atoms with Crippen molar-refractivity contribution in [1.29, 1.82) is 0 Å². The molecular weight excluding hydrogens is 265 g/mol. The van der Waals surface area contributed by atoms with Gasteiger partial charge in [-0.05, 0) is 18.6 Å². The predicted octanol–water partition coefficient (Wildman–Crippen LogP) is 2.53. The number of aromatic nitrogens is 4. The lowest BCUT2D eigenvalue weighted by Gasteiger charge is -2.01. The van der Waals surface area contributed by atoms with Crippen LogP contribution in [0.1, 0.15) is 6.42 Å². The highest BCUT2D eigenvalue weighted by atomic mass is 32.1. The Bertz CT molecular complexity index is 664. The predicted molar refractivity (Wildman–Crippen MR) is 72.7 cm³/mol. The zero-order valence-electron chi connectivity index (χ0n) is 10.1. The van der Waals surface area contributed by atoms with E-state index in [0.29, 0.717) is 5.52 Å². The molecule has 3 rings (SSSR count). The van der Waals surface area contributed by atoms with Gasteiger partial charge in [-0.25, -0.2) is 9.37 Å². The van der Waals surface area contributed by atoms with Gasteiger partial charge in [0.15, 0.2) is 5.13 Å². The molecule has 0 spiro atoms. The first-order valence-corrected chi connectivity index (χ1v) is 6.77. The Labute approximate surface area is 113 Å². The highest BCUT2D eigenvalue weighted by Gasteiger charge is 2.04. The number of halogens is 1. The second-order valence-corrected chi connectivity index (χ2v) is 5.11. The van der Waals surface area contributed by atoms with E-state index in [0.717, 1.165) is 29.3 Å². The molecule has 0 aliphatic rings. The molecule has 0 saturated carbocycles. The van der Waals surface area contributed by atoms with Crippen molar-refractivity contribution in [2.24, 2.45) is 0 Å². The lowest BCUT2D eigenvalue weighted by atomic mass is 10.3. The van der Waals surface area contributed by atoms with Gasteiger partial charge < -0.3 is 5.32 Å². The first-order chi connectivity index (χ1) is 9.31. The van der Waals surface area contributed by atoms with Crippen LogP contribution in [0.2, 0.25) is 0 Å². The highest BCUT2D eigenvalue weighted by Crippen LogP contribution is 2.26. The monoisotopic (exact) mass is 277 g/mol. The number of nitrogens with zero attached hydrogens (tertiary/aromatic N) is 4. The lowest BCUT2D eigenvalue weighted by molar-refractivity contribution is 0.570. The summed E-state index contributed by atoms with van der Waals surface area (Å²) >= 11 is 1.53. The highest BCUT2D eigenvalue weighted by molar-refractivity contribution is 7.22. The Balaban J connectivity index is 1.56. The third-order valence-electron chi connectivity index (χ3n) is 2.66. The maximum absolute atomic E-state index is 13.0. The van der Waals surface area contributed by atoms with Crippen molar-refractivity contribution in [3.8, 4) is 0 Å². The van der Waals surface area contributed by atoms with Crippen molar-refractivity contribution >= 4 is 26.7 Å². The van der Waals surface area contributed by atoms with Crippen molar-refractivity contribution in [2.75, 3.05) is 11.9 Å². The van der Waals surface area contributed by atoms with Crippen LogP contribution in [0.3, 0.4) is 0 Å². The maximum Gasteiger partial charge on any atom is 0.183 e. The van der Waals surface area contributed by atoms with Crippen molar-refractivity contribution < 1.29 is 4.39 Å². The Morgan fingerprint density at radius 3 is 3.16 bits per heavy atom. The average Bonchev–Trinajstić information content (AvgIpc) is 3.02. The van der Waals surface area contributed by atoms with Crippen LogP contribution < -0.4 is 5.32 Å². The molecule has 0 aliphatic heterocycles. The number of nitrogens with one attached hydrogen (secondary N) is 1. The Morgan fingerprint density at radius 2 is 2.32 bits per heavy atom. The van der Waals surface area contributed by atoms with E-state index < -0.39 is 0 Å². The van der Waals surface area contributed by atoms with Crippen LogP contribution in [0.25, 0.3) is 10.2 Å². The van der Waals surface area contributed by atoms with Crippen molar-refractivity contribution in [3.05, 3.63) is 36.4 Å². The van der Waals surface area contributed by atoms with Gasteiger partial charge >= 0.3 is 0 Å². The summed E-state index contributed by atoms with van der Waals surface area (Å²) in [5.41, 5.74) is 0.698. The van der Waals surface area contributed by atoms with Crippen LogP contribution >= 0.6 is 11.3 Å². The fraction of sp³-hybridized carbons (Fsp3) is 0.250. The Kier molecular flexibility index (Phi) is 3.37. The van der Waals surface area contributed by atoms with Crippen molar-refractivity contribution in [1.82, 2.24) is 20.0 Å². The molecule has 1 aromatic carbocycles. The number of hydrogen-bond acceptors (Lipinski definition) is 5. The largest absolute Gasteiger partial charge is 0.361 e. The van der Waals surface area contributed by atoms with Gasteiger partial charge in [0.1, 0.15) is 5.82 Å². The minimum absolute atomic E-state index is 0.254. The summed E-state index contributed by atoms with van der Waals surface area (Å²) in [6.45, 7) is 1.61. The molecule has 19 heavy (non-hydrogen) atoms. The lowest BCUT2D eigenvalue weighted by Crippen LogP contribution is -2.07. The van der Waals surface area contributed by atoms with Crippen LogP contribution in [0.15, 0.2) is 30.6 Å². The Hall–Kier alpha value is -2.02. The number of thiazole rings is 1. The summed E-state index contributed by atoms with van der Waals surface area (Å²) in [5.74, 6) is -0.254. The van der Waals surface area contributed by atoms with E-state index in [4.69, 9.17) is 0 Å². The van der Waals surface area contributed by atoms with Gasteiger partial charge in [0.2, 0.25) is 0 Å². The van der Waals surface area contributed by atoms with E-state index in [1.54, 1.807) is 16.9 Å². The molecule has 3 aromatic rings. The normalized spacial score (nSPS) is 11.0. The van der Waals surface area contributed by atoms with Crippen LogP contribution in [0, 0.1) is 5.82 Å². The quantitative estimate of drug-likeness (QED) is 0.728. The van der Waals surface area contributed by atoms with E-state index in [2.05, 4.69) is 20.6 Å². The molecule has 0 atom stereocenters. The van der Waals surface area contributed by atoms with Crippen molar-refractivity contribution in [3.63, 3.8) is 0 Å². The van der Waals surface area contributed by atoms with Crippen LogP contribution in [0.4, 0.5) is 9.52 Å². The first kappa shape index (κ1) is 12.0. The summed E-state index contributed by atoms with van der Waals surface area (Å²) in [6, 6.07) is 4.66. The first-order valence-electron chi connectivity index (χ1n) is 5.95. The van der Waals surface area contributed by atoms with Gasteiger partial charge in [-0.1, -0.05) is 16.6 Å². The van der Waals surface area contributed by atoms with Gasteiger partial charge in [0.25, 0.3) is 0 Å². The zero-order valence-corrected chi connectivity index (χ0v) is 10.9. The zero-order chi connectivity index (χ0) is 13.1. The molecule has 2 heterocycles. The standard InChI is InChI=1S/C12H12FN5S/c13-9-2-3-11-10(8-9)16-12(19-11)14-4-1-6-18-7-5-15-17-18/h2-3,5,7-8H,1,4,6H2,(H,14,16).